The molecule has 1 aliphatic carbocycles. The molecule has 5 rings (SSSR count). The summed E-state index contributed by atoms with van der Waals surface area (Å²) in [6.45, 7) is 0. The summed E-state index contributed by atoms with van der Waals surface area (Å²) < 4.78 is 0. The van der Waals surface area contributed by atoms with Crippen LogP contribution < -0.4 is 10.6 Å². The number of aryl methyl sites for hydroxylation is 2. The molecule has 2 aromatic heterocycles. The van der Waals surface area contributed by atoms with Gasteiger partial charge in [-0.2, -0.15) is 0 Å². The van der Waals surface area contributed by atoms with Crippen LogP contribution in [0.15, 0.2) is 29.6 Å². The number of benzene rings is 1. The minimum absolute atomic E-state index is 0.0204. The Bertz CT molecular complexity index is 1040. The van der Waals surface area contributed by atoms with E-state index in [1.54, 1.807) is 11.3 Å². The Balaban J connectivity index is 1.34. The van der Waals surface area contributed by atoms with Crippen molar-refractivity contribution in [3.8, 4) is 11.3 Å². The second-order valence-electron chi connectivity index (χ2n) is 6.86. The highest BCUT2D eigenvalue weighted by atomic mass is 32.1. The predicted molar refractivity (Wildman–Crippen MR) is 109 cm³/mol. The van der Waals surface area contributed by atoms with E-state index in [4.69, 9.17) is 0 Å². The highest BCUT2D eigenvalue weighted by Crippen LogP contribution is 2.32. The van der Waals surface area contributed by atoms with Gasteiger partial charge in [0.05, 0.1) is 17.0 Å². The molecule has 2 aliphatic rings. The summed E-state index contributed by atoms with van der Waals surface area (Å²) in [5.74, 6) is -0.0638. The molecule has 3 heterocycles. The average molecular weight is 396 g/mol. The molecule has 0 spiro atoms. The molecule has 0 atom stereocenters. The van der Waals surface area contributed by atoms with Gasteiger partial charge in [-0.25, -0.2) is 4.98 Å². The van der Waals surface area contributed by atoms with Gasteiger partial charge in [0, 0.05) is 21.5 Å². The lowest BCUT2D eigenvalue weighted by atomic mass is 9.99. The molecular formula is C20H17N3O2S2. The van der Waals surface area contributed by atoms with Crippen LogP contribution >= 0.6 is 22.7 Å². The number of carbonyl (C=O) groups is 2. The van der Waals surface area contributed by atoms with Gasteiger partial charge in [-0.1, -0.05) is 6.07 Å². The van der Waals surface area contributed by atoms with Crippen LogP contribution in [0.3, 0.4) is 0 Å². The van der Waals surface area contributed by atoms with Gasteiger partial charge in [0.2, 0.25) is 5.91 Å². The van der Waals surface area contributed by atoms with Crippen molar-refractivity contribution in [2.24, 2.45) is 0 Å². The number of aromatic nitrogens is 1. The SMILES string of the molecule is O=C1Cc2cc(-c3csc(NC(=O)c4cc5c(s4)CCCC5)n3)ccc2N1. The van der Waals surface area contributed by atoms with Crippen LogP contribution in [0.4, 0.5) is 10.8 Å². The maximum absolute atomic E-state index is 12.6. The topological polar surface area (TPSA) is 71.1 Å². The molecule has 3 aromatic rings. The van der Waals surface area contributed by atoms with Crippen molar-refractivity contribution >= 4 is 45.3 Å². The second kappa shape index (κ2) is 6.58. The second-order valence-corrected chi connectivity index (χ2v) is 8.85. The van der Waals surface area contributed by atoms with Crippen molar-refractivity contribution in [2.45, 2.75) is 32.1 Å². The molecule has 0 saturated carbocycles. The van der Waals surface area contributed by atoms with E-state index in [0.29, 0.717) is 11.6 Å². The number of nitrogens with one attached hydrogen (secondary N) is 2. The van der Waals surface area contributed by atoms with E-state index < -0.39 is 0 Å². The number of nitrogens with zero attached hydrogens (tertiary/aromatic N) is 1. The smallest absolute Gasteiger partial charge is 0.267 e. The number of hydrogen-bond donors (Lipinski definition) is 2. The van der Waals surface area contributed by atoms with E-state index in [2.05, 4.69) is 15.6 Å². The minimum atomic E-state index is -0.0842. The molecule has 2 amide bonds. The molecule has 1 aliphatic heterocycles. The number of amides is 2. The number of hydrogen-bond acceptors (Lipinski definition) is 5. The van der Waals surface area contributed by atoms with Gasteiger partial charge in [-0.3, -0.25) is 14.9 Å². The lowest BCUT2D eigenvalue weighted by Crippen LogP contribution is -2.09. The maximum atomic E-state index is 12.6. The molecule has 5 nitrogen and oxygen atoms in total. The van der Waals surface area contributed by atoms with Crippen LogP contribution in [0.5, 0.6) is 0 Å². The highest BCUT2D eigenvalue weighted by Gasteiger charge is 2.20. The third-order valence-corrected chi connectivity index (χ3v) is 6.96. The van der Waals surface area contributed by atoms with E-state index in [1.165, 1.54) is 34.6 Å². The summed E-state index contributed by atoms with van der Waals surface area (Å²) in [4.78, 5) is 30.8. The highest BCUT2D eigenvalue weighted by molar-refractivity contribution is 7.15. The molecule has 136 valence electrons. The number of thiazole rings is 1. The van der Waals surface area contributed by atoms with Crippen LogP contribution in [0.2, 0.25) is 0 Å². The number of anilines is 2. The van der Waals surface area contributed by atoms with Gasteiger partial charge < -0.3 is 5.32 Å². The first-order chi connectivity index (χ1) is 13.2. The average Bonchev–Trinajstić information content (AvgIpc) is 3.37. The van der Waals surface area contributed by atoms with Gasteiger partial charge in [-0.05, 0) is 55.0 Å². The molecule has 7 heteroatoms. The third kappa shape index (κ3) is 3.17. The zero-order valence-corrected chi connectivity index (χ0v) is 16.1. The normalized spacial score (nSPS) is 15.2. The fraction of sp³-hybridized carbons (Fsp3) is 0.250. The van der Waals surface area contributed by atoms with Gasteiger partial charge in [0.15, 0.2) is 5.13 Å². The Hall–Kier alpha value is -2.51. The van der Waals surface area contributed by atoms with Crippen LogP contribution in [0.1, 0.15) is 38.5 Å². The zero-order chi connectivity index (χ0) is 18.4. The van der Waals surface area contributed by atoms with Crippen molar-refractivity contribution in [2.75, 3.05) is 10.6 Å². The van der Waals surface area contributed by atoms with E-state index in [1.807, 2.05) is 29.6 Å². The van der Waals surface area contributed by atoms with E-state index >= 15 is 0 Å². The molecule has 0 bridgehead atoms. The number of thiophene rings is 1. The number of carbonyl (C=O) groups excluding carboxylic acids is 2. The summed E-state index contributed by atoms with van der Waals surface area (Å²) >= 11 is 3.02. The fourth-order valence-electron chi connectivity index (χ4n) is 3.61. The van der Waals surface area contributed by atoms with Gasteiger partial charge in [0.25, 0.3) is 5.91 Å². The molecule has 27 heavy (non-hydrogen) atoms. The molecule has 1 aromatic carbocycles. The largest absolute Gasteiger partial charge is 0.326 e. The Labute approximate surface area is 164 Å². The van der Waals surface area contributed by atoms with Crippen LogP contribution in [-0.4, -0.2) is 16.8 Å². The van der Waals surface area contributed by atoms with Crippen molar-refractivity contribution in [3.05, 3.63) is 50.5 Å². The third-order valence-electron chi connectivity index (χ3n) is 4.97. The lowest BCUT2D eigenvalue weighted by molar-refractivity contribution is -0.115. The lowest BCUT2D eigenvalue weighted by Gasteiger charge is -2.08. The first-order valence-electron chi connectivity index (χ1n) is 8.97. The molecular weight excluding hydrogens is 378 g/mol. The van der Waals surface area contributed by atoms with E-state index in [-0.39, 0.29) is 11.8 Å². The molecule has 2 N–H and O–H groups in total. The van der Waals surface area contributed by atoms with Gasteiger partial charge in [-0.15, -0.1) is 22.7 Å². The summed E-state index contributed by atoms with van der Waals surface area (Å²) in [6.07, 6.45) is 5.00. The van der Waals surface area contributed by atoms with Crippen LogP contribution in [0.25, 0.3) is 11.3 Å². The van der Waals surface area contributed by atoms with Crippen molar-refractivity contribution in [3.63, 3.8) is 0 Å². The summed E-state index contributed by atoms with van der Waals surface area (Å²) in [5.41, 5.74) is 4.95. The van der Waals surface area contributed by atoms with Gasteiger partial charge >= 0.3 is 0 Å². The van der Waals surface area contributed by atoms with E-state index in [0.717, 1.165) is 40.2 Å². The molecule has 0 fully saturated rings. The Morgan fingerprint density at radius 3 is 2.93 bits per heavy atom. The number of fused-ring (bicyclic) bond motifs is 2. The monoisotopic (exact) mass is 395 g/mol. The molecule has 0 radical (unpaired) electrons. The van der Waals surface area contributed by atoms with Gasteiger partial charge in [0.1, 0.15) is 0 Å². The van der Waals surface area contributed by atoms with Crippen LogP contribution in [-0.2, 0) is 24.1 Å². The summed E-state index contributed by atoms with van der Waals surface area (Å²) in [5, 5.41) is 8.29. The first kappa shape index (κ1) is 16.6. The standard InChI is InChI=1S/C20H17N3O2S2/c24-18-9-13-7-11(5-6-14(13)21-18)15-10-26-20(22-15)23-19(25)17-8-12-3-1-2-4-16(12)27-17/h5-8,10H,1-4,9H2,(H,21,24)(H,22,23,25). The number of rotatable bonds is 3. The minimum Gasteiger partial charge on any atom is -0.326 e. The molecule has 0 saturated heterocycles. The molecule has 0 unspecified atom stereocenters. The maximum Gasteiger partial charge on any atom is 0.267 e. The summed E-state index contributed by atoms with van der Waals surface area (Å²) in [7, 11) is 0. The fourth-order valence-corrected chi connectivity index (χ4v) is 5.48. The predicted octanol–water partition coefficient (Wildman–Crippen LogP) is 4.50. The van der Waals surface area contributed by atoms with Crippen molar-refractivity contribution in [1.29, 1.82) is 0 Å². The quantitative estimate of drug-likeness (QED) is 0.686. The Kier molecular flexibility index (Phi) is 4.06. The van der Waals surface area contributed by atoms with Crippen molar-refractivity contribution in [1.82, 2.24) is 4.98 Å². The first-order valence-corrected chi connectivity index (χ1v) is 10.7. The Morgan fingerprint density at radius 2 is 2.04 bits per heavy atom. The Morgan fingerprint density at radius 1 is 1.15 bits per heavy atom. The van der Waals surface area contributed by atoms with E-state index in [9.17, 15) is 9.59 Å². The van der Waals surface area contributed by atoms with Crippen LogP contribution in [0, 0.1) is 0 Å². The summed E-state index contributed by atoms with van der Waals surface area (Å²) in [6, 6.07) is 7.87. The zero-order valence-electron chi connectivity index (χ0n) is 14.5. The van der Waals surface area contributed by atoms with Crippen molar-refractivity contribution < 1.29 is 9.59 Å².